The van der Waals surface area contributed by atoms with Crippen molar-refractivity contribution in [1.29, 1.82) is 0 Å². The molecule has 0 fully saturated rings. The molecule has 2 atom stereocenters. The normalized spacial score (nSPS) is 14.8. The predicted octanol–water partition coefficient (Wildman–Crippen LogP) is 3.80. The Labute approximate surface area is 136 Å². The molecule has 2 N–H and O–H groups in total. The lowest BCUT2D eigenvalue weighted by molar-refractivity contribution is 0.488. The first kappa shape index (κ1) is 16.7. The van der Waals surface area contributed by atoms with E-state index >= 15 is 0 Å². The van der Waals surface area contributed by atoms with Crippen molar-refractivity contribution in [3.05, 3.63) is 36.1 Å². The Morgan fingerprint density at radius 1 is 1.32 bits per heavy atom. The van der Waals surface area contributed by atoms with Crippen LogP contribution in [0, 0.1) is 0 Å². The summed E-state index contributed by atoms with van der Waals surface area (Å²) in [6.45, 7) is 7.97. The van der Waals surface area contributed by atoms with Crippen molar-refractivity contribution in [2.45, 2.75) is 32.1 Å². The molecule has 0 spiro atoms. The van der Waals surface area contributed by atoms with E-state index in [0.29, 0.717) is 5.25 Å². The van der Waals surface area contributed by atoms with Crippen molar-refractivity contribution in [2.75, 3.05) is 19.3 Å². The van der Waals surface area contributed by atoms with Crippen molar-refractivity contribution in [2.24, 2.45) is 4.99 Å². The molecule has 2 rings (SSSR count). The molecule has 1 heterocycles. The average molecular weight is 319 g/mol. The lowest BCUT2D eigenvalue weighted by Crippen LogP contribution is -2.39. The van der Waals surface area contributed by atoms with Gasteiger partial charge in [-0.1, -0.05) is 25.1 Å². The fraction of sp³-hybridized carbons (Fsp3) is 0.471. The van der Waals surface area contributed by atoms with Crippen LogP contribution in [0.15, 0.2) is 39.7 Å². The van der Waals surface area contributed by atoms with Gasteiger partial charge in [0, 0.05) is 17.2 Å². The van der Waals surface area contributed by atoms with E-state index in [2.05, 4.69) is 54.8 Å². The van der Waals surface area contributed by atoms with Crippen LogP contribution in [-0.4, -0.2) is 30.6 Å². The number of thioether (sulfide) groups is 1. The van der Waals surface area contributed by atoms with Crippen molar-refractivity contribution < 1.29 is 4.42 Å². The van der Waals surface area contributed by atoms with Crippen LogP contribution in [0.25, 0.3) is 11.0 Å². The third-order valence-electron chi connectivity index (χ3n) is 3.48. The van der Waals surface area contributed by atoms with Gasteiger partial charge in [0.1, 0.15) is 11.3 Å². The minimum absolute atomic E-state index is 0.0646. The van der Waals surface area contributed by atoms with E-state index in [9.17, 15) is 0 Å². The summed E-state index contributed by atoms with van der Waals surface area (Å²) in [5, 5.41) is 8.33. The molecule has 4 nitrogen and oxygen atoms in total. The first-order chi connectivity index (χ1) is 10.6. The van der Waals surface area contributed by atoms with E-state index in [1.54, 1.807) is 0 Å². The van der Waals surface area contributed by atoms with Gasteiger partial charge < -0.3 is 15.1 Å². The molecule has 0 saturated carbocycles. The Bertz CT molecular complexity index is 590. The van der Waals surface area contributed by atoms with Gasteiger partial charge >= 0.3 is 0 Å². The molecule has 0 bridgehead atoms. The van der Waals surface area contributed by atoms with Crippen molar-refractivity contribution in [3.8, 4) is 0 Å². The first-order valence-electron chi connectivity index (χ1n) is 7.70. The number of benzene rings is 1. The number of rotatable bonds is 6. The van der Waals surface area contributed by atoms with E-state index in [1.807, 2.05) is 30.0 Å². The maximum Gasteiger partial charge on any atom is 0.191 e. The van der Waals surface area contributed by atoms with Gasteiger partial charge in [0.15, 0.2) is 5.96 Å². The maximum absolute atomic E-state index is 5.91. The fourth-order valence-corrected chi connectivity index (χ4v) is 2.33. The largest absolute Gasteiger partial charge is 0.459 e. The van der Waals surface area contributed by atoms with Gasteiger partial charge in [0.05, 0.1) is 12.6 Å². The first-order valence-corrected chi connectivity index (χ1v) is 8.99. The van der Waals surface area contributed by atoms with Gasteiger partial charge in [-0.2, -0.15) is 11.8 Å². The third-order valence-corrected chi connectivity index (χ3v) is 4.43. The molecule has 2 unspecified atom stereocenters. The van der Waals surface area contributed by atoms with Gasteiger partial charge in [-0.15, -0.1) is 0 Å². The molecular weight excluding hydrogens is 294 g/mol. The molecule has 1 aromatic carbocycles. The molecule has 0 amide bonds. The summed E-state index contributed by atoms with van der Waals surface area (Å²) in [4.78, 5) is 4.64. The van der Waals surface area contributed by atoms with Crippen LogP contribution in [0.1, 0.15) is 32.6 Å². The Kier molecular flexibility index (Phi) is 6.19. The Hall–Kier alpha value is -1.62. The molecule has 5 heteroatoms. The molecule has 2 aromatic rings. The van der Waals surface area contributed by atoms with Crippen LogP contribution in [0.2, 0.25) is 0 Å². The van der Waals surface area contributed by atoms with Crippen LogP contribution < -0.4 is 10.6 Å². The van der Waals surface area contributed by atoms with Crippen molar-refractivity contribution in [3.63, 3.8) is 0 Å². The van der Waals surface area contributed by atoms with Crippen molar-refractivity contribution >= 4 is 28.7 Å². The van der Waals surface area contributed by atoms with E-state index in [4.69, 9.17) is 4.42 Å². The summed E-state index contributed by atoms with van der Waals surface area (Å²) in [5.74, 6) is 1.75. The average Bonchev–Trinajstić information content (AvgIpc) is 2.96. The van der Waals surface area contributed by atoms with Gasteiger partial charge in [-0.3, -0.25) is 4.99 Å². The highest BCUT2D eigenvalue weighted by molar-refractivity contribution is 7.99. The minimum Gasteiger partial charge on any atom is -0.459 e. The summed E-state index contributed by atoms with van der Waals surface area (Å²) in [5.41, 5.74) is 0.920. The topological polar surface area (TPSA) is 49.6 Å². The number of hydrogen-bond acceptors (Lipinski definition) is 3. The Morgan fingerprint density at radius 2 is 2.09 bits per heavy atom. The van der Waals surface area contributed by atoms with E-state index in [1.165, 1.54) is 0 Å². The van der Waals surface area contributed by atoms with E-state index < -0.39 is 0 Å². The van der Waals surface area contributed by atoms with Crippen LogP contribution in [0.4, 0.5) is 0 Å². The van der Waals surface area contributed by atoms with Crippen LogP contribution in [0.5, 0.6) is 0 Å². The molecule has 0 aliphatic carbocycles. The zero-order valence-electron chi connectivity index (χ0n) is 13.7. The second-order valence-electron chi connectivity index (χ2n) is 5.32. The van der Waals surface area contributed by atoms with Gasteiger partial charge in [0.2, 0.25) is 0 Å². The second-order valence-corrected chi connectivity index (χ2v) is 6.59. The number of furan rings is 1. The molecule has 0 aliphatic heterocycles. The number of nitrogens with one attached hydrogen (secondary N) is 2. The van der Waals surface area contributed by atoms with Crippen LogP contribution in [-0.2, 0) is 0 Å². The van der Waals surface area contributed by atoms with Crippen LogP contribution >= 0.6 is 11.8 Å². The zero-order chi connectivity index (χ0) is 15.9. The number of nitrogens with zero attached hydrogens (tertiary/aromatic N) is 1. The second kappa shape index (κ2) is 8.13. The molecular formula is C17H25N3OS. The monoisotopic (exact) mass is 319 g/mol. The predicted molar refractivity (Wildman–Crippen MR) is 96.7 cm³/mol. The number of hydrogen-bond donors (Lipinski definition) is 2. The fourth-order valence-electron chi connectivity index (χ4n) is 2.11. The summed E-state index contributed by atoms with van der Waals surface area (Å²) < 4.78 is 5.91. The smallest absolute Gasteiger partial charge is 0.191 e. The Balaban J connectivity index is 2.07. The standard InChI is InChI=1S/C17H25N3OS/c1-5-18-17(19-11-12(2)22-4)20-13(3)16-10-14-8-6-7-9-15(14)21-16/h6-10,12-13H,5,11H2,1-4H3,(H2,18,19,20). The molecule has 0 saturated heterocycles. The SMILES string of the molecule is CCNC(=NCC(C)SC)NC(C)c1cc2ccccc2o1. The molecule has 0 aliphatic rings. The summed E-state index contributed by atoms with van der Waals surface area (Å²) in [6, 6.07) is 10.2. The molecule has 1 aromatic heterocycles. The van der Waals surface area contributed by atoms with Gasteiger partial charge in [-0.05, 0) is 32.2 Å². The summed E-state index contributed by atoms with van der Waals surface area (Å²) in [7, 11) is 0. The van der Waals surface area contributed by atoms with Crippen molar-refractivity contribution in [1.82, 2.24) is 10.6 Å². The summed E-state index contributed by atoms with van der Waals surface area (Å²) in [6.07, 6.45) is 2.11. The van der Waals surface area contributed by atoms with Gasteiger partial charge in [-0.25, -0.2) is 0 Å². The highest BCUT2D eigenvalue weighted by Gasteiger charge is 2.13. The quantitative estimate of drug-likeness (QED) is 0.628. The summed E-state index contributed by atoms with van der Waals surface area (Å²) >= 11 is 1.82. The molecule has 120 valence electrons. The highest BCUT2D eigenvalue weighted by atomic mass is 32.2. The van der Waals surface area contributed by atoms with Crippen LogP contribution in [0.3, 0.4) is 0 Å². The highest BCUT2D eigenvalue weighted by Crippen LogP contribution is 2.23. The minimum atomic E-state index is 0.0646. The van der Waals surface area contributed by atoms with E-state index in [0.717, 1.165) is 35.8 Å². The number of para-hydroxylation sites is 1. The number of guanidine groups is 1. The van der Waals surface area contributed by atoms with E-state index in [-0.39, 0.29) is 6.04 Å². The lowest BCUT2D eigenvalue weighted by atomic mass is 10.2. The third kappa shape index (κ3) is 4.44. The lowest BCUT2D eigenvalue weighted by Gasteiger charge is -2.16. The maximum atomic E-state index is 5.91. The number of fused-ring (bicyclic) bond motifs is 1. The van der Waals surface area contributed by atoms with Gasteiger partial charge in [0.25, 0.3) is 0 Å². The number of aliphatic imine (C=N–C) groups is 1. The molecule has 22 heavy (non-hydrogen) atoms. The molecule has 0 radical (unpaired) electrons. The zero-order valence-corrected chi connectivity index (χ0v) is 14.5. The Morgan fingerprint density at radius 3 is 2.77 bits per heavy atom.